The van der Waals surface area contributed by atoms with Crippen molar-refractivity contribution in [3.8, 4) is 0 Å². The number of aromatic nitrogens is 3. The van der Waals surface area contributed by atoms with Crippen LogP contribution < -0.4 is 5.56 Å². The molecule has 0 amide bonds. The second kappa shape index (κ2) is 6.76. The molecule has 0 radical (unpaired) electrons. The molecule has 4 rings (SSSR count). The number of hydrogen-bond acceptors (Lipinski definition) is 5. The van der Waals surface area contributed by atoms with Crippen LogP contribution in [0, 0.1) is 0 Å². The van der Waals surface area contributed by atoms with Crippen molar-refractivity contribution in [1.82, 2.24) is 14.5 Å². The first-order chi connectivity index (χ1) is 12.7. The molecule has 0 atom stereocenters. The summed E-state index contributed by atoms with van der Waals surface area (Å²) in [6.45, 7) is -0.135. The number of rotatable bonds is 4. The van der Waals surface area contributed by atoms with Crippen LogP contribution in [0.15, 0.2) is 71.8 Å². The second-order valence-corrected chi connectivity index (χ2v) is 5.85. The topological polar surface area (TPSA) is 74.1 Å². The van der Waals surface area contributed by atoms with Crippen LogP contribution in [0.1, 0.15) is 5.69 Å². The zero-order valence-corrected chi connectivity index (χ0v) is 13.8. The molecule has 2 heterocycles. The van der Waals surface area contributed by atoms with E-state index in [0.29, 0.717) is 16.6 Å². The van der Waals surface area contributed by atoms with Gasteiger partial charge in [-0.25, -0.2) is 9.97 Å². The molecule has 0 bridgehead atoms. The highest BCUT2D eigenvalue weighted by Gasteiger charge is 2.09. The first-order valence-corrected chi connectivity index (χ1v) is 8.15. The second-order valence-electron chi connectivity index (χ2n) is 5.85. The third kappa shape index (κ3) is 3.17. The van der Waals surface area contributed by atoms with Crippen LogP contribution in [-0.2, 0) is 22.7 Å². The lowest BCUT2D eigenvalue weighted by Gasteiger charge is -2.08. The van der Waals surface area contributed by atoms with Gasteiger partial charge in [0.2, 0.25) is 0 Å². The minimum absolute atomic E-state index is 0.0550. The van der Waals surface area contributed by atoms with Gasteiger partial charge in [-0.15, -0.1) is 0 Å². The summed E-state index contributed by atoms with van der Waals surface area (Å²) in [6, 6.07) is 18.5. The molecule has 2 aromatic carbocycles. The molecule has 0 aliphatic rings. The van der Waals surface area contributed by atoms with Gasteiger partial charge < -0.3 is 4.74 Å². The Bertz CT molecular complexity index is 1170. The highest BCUT2D eigenvalue weighted by molar-refractivity contribution is 5.79. The minimum Gasteiger partial charge on any atom is -0.458 e. The van der Waals surface area contributed by atoms with Crippen molar-refractivity contribution in [3.63, 3.8) is 0 Å². The minimum atomic E-state index is -0.515. The number of para-hydroxylation sites is 2. The quantitative estimate of drug-likeness (QED) is 0.532. The summed E-state index contributed by atoms with van der Waals surface area (Å²) < 4.78 is 6.51. The normalized spacial score (nSPS) is 10.9. The third-order valence-corrected chi connectivity index (χ3v) is 4.07. The molecule has 6 nitrogen and oxygen atoms in total. The standard InChI is InChI=1S/C20H15N3O3/c24-19(11-23-13-21-18-8-4-2-6-16(18)20(23)25)26-12-15-10-9-14-5-1-3-7-17(14)22-15/h1-10,13H,11-12H2. The molecular weight excluding hydrogens is 330 g/mol. The van der Waals surface area contributed by atoms with Crippen LogP contribution in [0.5, 0.6) is 0 Å². The third-order valence-electron chi connectivity index (χ3n) is 4.07. The van der Waals surface area contributed by atoms with Crippen LogP contribution in [-0.4, -0.2) is 20.5 Å². The summed E-state index contributed by atoms with van der Waals surface area (Å²) >= 11 is 0. The van der Waals surface area contributed by atoms with Gasteiger partial charge in [-0.3, -0.25) is 14.2 Å². The lowest BCUT2D eigenvalue weighted by atomic mass is 10.2. The Morgan fingerprint density at radius 1 is 0.962 bits per heavy atom. The molecule has 0 unspecified atom stereocenters. The van der Waals surface area contributed by atoms with Gasteiger partial charge in [0.05, 0.1) is 28.4 Å². The van der Waals surface area contributed by atoms with Crippen molar-refractivity contribution in [1.29, 1.82) is 0 Å². The summed E-state index contributed by atoms with van der Waals surface area (Å²) in [4.78, 5) is 33.1. The summed E-state index contributed by atoms with van der Waals surface area (Å²) in [5, 5.41) is 1.50. The average Bonchev–Trinajstić information content (AvgIpc) is 2.68. The number of nitrogens with zero attached hydrogens (tertiary/aromatic N) is 3. The summed E-state index contributed by atoms with van der Waals surface area (Å²) in [5.74, 6) is -0.515. The zero-order chi connectivity index (χ0) is 17.9. The first kappa shape index (κ1) is 16.0. The number of carbonyl (C=O) groups excluding carboxylic acids is 1. The lowest BCUT2D eigenvalue weighted by Crippen LogP contribution is -2.25. The molecule has 26 heavy (non-hydrogen) atoms. The number of ether oxygens (including phenoxy) is 1. The Balaban J connectivity index is 1.47. The van der Waals surface area contributed by atoms with E-state index in [0.717, 1.165) is 10.9 Å². The smallest absolute Gasteiger partial charge is 0.326 e. The molecule has 0 fully saturated rings. The van der Waals surface area contributed by atoms with Crippen molar-refractivity contribution in [2.45, 2.75) is 13.2 Å². The summed E-state index contributed by atoms with van der Waals surface area (Å²) in [5.41, 5.74) is 1.83. The van der Waals surface area contributed by atoms with E-state index in [9.17, 15) is 9.59 Å². The zero-order valence-electron chi connectivity index (χ0n) is 13.8. The monoisotopic (exact) mass is 345 g/mol. The lowest BCUT2D eigenvalue weighted by molar-refractivity contribution is -0.145. The number of esters is 1. The Labute approximate surface area is 148 Å². The van der Waals surface area contributed by atoms with E-state index in [1.54, 1.807) is 18.2 Å². The molecule has 4 aromatic rings. The maximum atomic E-state index is 12.4. The van der Waals surface area contributed by atoms with Crippen molar-refractivity contribution < 1.29 is 9.53 Å². The van der Waals surface area contributed by atoms with Crippen molar-refractivity contribution in [2.24, 2.45) is 0 Å². The molecule has 0 aliphatic carbocycles. The van der Waals surface area contributed by atoms with Gasteiger partial charge in [0, 0.05) is 5.39 Å². The Morgan fingerprint density at radius 3 is 2.62 bits per heavy atom. The van der Waals surface area contributed by atoms with Crippen molar-refractivity contribution in [3.05, 3.63) is 83.0 Å². The van der Waals surface area contributed by atoms with Gasteiger partial charge in [-0.05, 0) is 24.3 Å². The van der Waals surface area contributed by atoms with Crippen molar-refractivity contribution in [2.75, 3.05) is 0 Å². The van der Waals surface area contributed by atoms with Crippen LogP contribution in [0.2, 0.25) is 0 Å². The number of carbonyl (C=O) groups is 1. The maximum absolute atomic E-state index is 12.4. The Morgan fingerprint density at radius 2 is 1.73 bits per heavy atom. The summed E-state index contributed by atoms with van der Waals surface area (Å²) in [6.07, 6.45) is 1.36. The highest BCUT2D eigenvalue weighted by atomic mass is 16.5. The van der Waals surface area contributed by atoms with Gasteiger partial charge >= 0.3 is 5.97 Å². The predicted molar refractivity (Wildman–Crippen MR) is 97.5 cm³/mol. The van der Waals surface area contributed by atoms with E-state index in [4.69, 9.17) is 4.74 Å². The van der Waals surface area contributed by atoms with Crippen LogP contribution in [0.25, 0.3) is 21.8 Å². The van der Waals surface area contributed by atoms with Gasteiger partial charge in [0.1, 0.15) is 13.2 Å². The number of fused-ring (bicyclic) bond motifs is 2. The van der Waals surface area contributed by atoms with Crippen molar-refractivity contribution >= 4 is 27.8 Å². The van der Waals surface area contributed by atoms with Crippen LogP contribution >= 0.6 is 0 Å². The number of benzene rings is 2. The van der Waals surface area contributed by atoms with E-state index in [1.165, 1.54) is 10.9 Å². The van der Waals surface area contributed by atoms with E-state index >= 15 is 0 Å². The SMILES string of the molecule is O=C(Cn1cnc2ccccc2c1=O)OCc1ccc2ccccc2n1. The van der Waals surface area contributed by atoms with Gasteiger partial charge in [0.15, 0.2) is 0 Å². The molecule has 0 saturated carbocycles. The van der Waals surface area contributed by atoms with Gasteiger partial charge in [0.25, 0.3) is 5.56 Å². The number of hydrogen-bond donors (Lipinski definition) is 0. The summed E-state index contributed by atoms with van der Waals surface area (Å²) in [7, 11) is 0. The molecule has 2 aromatic heterocycles. The average molecular weight is 345 g/mol. The predicted octanol–water partition coefficient (Wildman–Crippen LogP) is 2.69. The Hall–Kier alpha value is -3.54. The molecule has 0 aliphatic heterocycles. The molecular formula is C20H15N3O3. The fourth-order valence-electron chi connectivity index (χ4n) is 2.75. The molecule has 6 heteroatoms. The molecule has 0 spiro atoms. The first-order valence-electron chi connectivity index (χ1n) is 8.15. The Kier molecular flexibility index (Phi) is 4.15. The largest absolute Gasteiger partial charge is 0.458 e. The van der Waals surface area contributed by atoms with Crippen LogP contribution in [0.3, 0.4) is 0 Å². The van der Waals surface area contributed by atoms with E-state index in [1.807, 2.05) is 42.5 Å². The molecule has 128 valence electrons. The van der Waals surface area contributed by atoms with Gasteiger partial charge in [-0.2, -0.15) is 0 Å². The van der Waals surface area contributed by atoms with E-state index < -0.39 is 5.97 Å². The maximum Gasteiger partial charge on any atom is 0.326 e. The highest BCUT2D eigenvalue weighted by Crippen LogP contribution is 2.12. The fourth-order valence-corrected chi connectivity index (χ4v) is 2.75. The fraction of sp³-hybridized carbons (Fsp3) is 0.100. The molecule has 0 saturated heterocycles. The number of pyridine rings is 1. The molecule has 0 N–H and O–H groups in total. The van der Waals surface area contributed by atoms with E-state index in [-0.39, 0.29) is 18.7 Å². The van der Waals surface area contributed by atoms with Crippen LogP contribution in [0.4, 0.5) is 0 Å². The van der Waals surface area contributed by atoms with Gasteiger partial charge in [-0.1, -0.05) is 36.4 Å². The van der Waals surface area contributed by atoms with E-state index in [2.05, 4.69) is 9.97 Å².